The summed E-state index contributed by atoms with van der Waals surface area (Å²) < 4.78 is 0.656. The molecule has 10 heteroatoms. The van der Waals surface area contributed by atoms with Crippen LogP contribution in [0.5, 0.6) is 0 Å². The van der Waals surface area contributed by atoms with E-state index in [-0.39, 0.29) is 18.1 Å². The number of carbonyl (C=O) groups excluding carboxylic acids is 1. The molecule has 2 aromatic carbocycles. The van der Waals surface area contributed by atoms with Crippen LogP contribution in [0.3, 0.4) is 0 Å². The molecular weight excluding hydrogens is 468 g/mol. The molecule has 0 fully saturated rings. The molecule has 2 heterocycles. The van der Waals surface area contributed by atoms with Gasteiger partial charge in [0.2, 0.25) is 5.91 Å². The van der Waals surface area contributed by atoms with E-state index in [1.807, 2.05) is 42.5 Å². The zero-order valence-electron chi connectivity index (χ0n) is 16.7. The number of thioether (sulfide) groups is 1. The number of nitro benzene ring substituents is 1. The minimum atomic E-state index is -0.441. The number of rotatable bonds is 8. The van der Waals surface area contributed by atoms with E-state index in [1.54, 1.807) is 28.9 Å². The number of carbonyl (C=O) groups is 1. The lowest BCUT2D eigenvalue weighted by atomic mass is 10.3. The van der Waals surface area contributed by atoms with Crippen molar-refractivity contribution in [3.8, 4) is 0 Å². The molecule has 0 bridgehead atoms. The Morgan fingerprint density at radius 3 is 2.69 bits per heavy atom. The maximum absolute atomic E-state index is 13.2. The third kappa shape index (κ3) is 5.42. The molecule has 1 amide bonds. The lowest BCUT2D eigenvalue weighted by molar-refractivity contribution is -0.384. The molecule has 0 saturated carbocycles. The monoisotopic (exact) mass is 484 g/mol. The van der Waals surface area contributed by atoms with Crippen molar-refractivity contribution < 1.29 is 9.72 Å². The third-order valence-corrected chi connectivity index (χ3v) is 6.85. The molecular formula is C22H17ClN4O3S2. The first kappa shape index (κ1) is 22.2. The molecule has 162 valence electrons. The van der Waals surface area contributed by atoms with E-state index in [0.29, 0.717) is 32.5 Å². The number of hydrogen-bond donors (Lipinski definition) is 0. The average Bonchev–Trinajstić information content (AvgIpc) is 3.22. The number of thiazole rings is 1. The number of amides is 1. The molecule has 0 atom stereocenters. The van der Waals surface area contributed by atoms with Gasteiger partial charge in [-0.15, -0.1) is 11.8 Å². The number of anilines is 1. The van der Waals surface area contributed by atoms with E-state index in [2.05, 4.69) is 9.97 Å². The van der Waals surface area contributed by atoms with Crippen LogP contribution in [-0.2, 0) is 11.3 Å². The van der Waals surface area contributed by atoms with Crippen LogP contribution in [0.15, 0.2) is 71.8 Å². The smallest absolute Gasteiger partial charge is 0.270 e. The fourth-order valence-electron chi connectivity index (χ4n) is 2.97. The van der Waals surface area contributed by atoms with Gasteiger partial charge in [0, 0.05) is 40.4 Å². The second-order valence-corrected chi connectivity index (χ2v) is 9.37. The van der Waals surface area contributed by atoms with Crippen molar-refractivity contribution in [1.82, 2.24) is 9.97 Å². The minimum Gasteiger partial charge on any atom is -0.282 e. The Labute approximate surface area is 197 Å². The molecule has 32 heavy (non-hydrogen) atoms. The molecule has 0 N–H and O–H groups in total. The number of benzene rings is 2. The SMILES string of the molecule is O=C(CCSc1ccc(Cl)cc1)N(Cc1ccccn1)c1nc2ccc([N+](=O)[O-])cc2s1. The van der Waals surface area contributed by atoms with Crippen LogP contribution >= 0.6 is 34.7 Å². The Morgan fingerprint density at radius 1 is 1.16 bits per heavy atom. The van der Waals surface area contributed by atoms with Gasteiger partial charge in [-0.1, -0.05) is 29.0 Å². The maximum atomic E-state index is 13.2. The molecule has 0 radical (unpaired) electrons. The standard InChI is InChI=1S/C22H17ClN4O3S2/c23-15-4-7-18(8-5-15)31-12-10-21(28)26(14-16-3-1-2-11-24-16)22-25-19-9-6-17(27(29)30)13-20(19)32-22/h1-9,11,13H,10,12,14H2. The number of fused-ring (bicyclic) bond motifs is 1. The number of hydrogen-bond acceptors (Lipinski definition) is 7. The van der Waals surface area contributed by atoms with E-state index in [1.165, 1.54) is 23.5 Å². The lowest BCUT2D eigenvalue weighted by Crippen LogP contribution is -2.30. The molecule has 0 aliphatic heterocycles. The zero-order valence-corrected chi connectivity index (χ0v) is 19.1. The maximum Gasteiger partial charge on any atom is 0.270 e. The van der Waals surface area contributed by atoms with E-state index in [0.717, 1.165) is 10.6 Å². The number of non-ortho nitro benzene ring substituents is 1. The molecule has 0 aliphatic carbocycles. The van der Waals surface area contributed by atoms with E-state index in [9.17, 15) is 14.9 Å². The predicted octanol–water partition coefficient (Wildman–Crippen LogP) is 5.97. The normalized spacial score (nSPS) is 10.9. The molecule has 0 spiro atoms. The van der Waals surface area contributed by atoms with Crippen LogP contribution in [0.25, 0.3) is 10.2 Å². The quantitative estimate of drug-likeness (QED) is 0.174. The van der Waals surface area contributed by atoms with Crippen molar-refractivity contribution in [2.45, 2.75) is 17.9 Å². The van der Waals surface area contributed by atoms with Crippen molar-refractivity contribution >= 4 is 61.6 Å². The fraction of sp³-hybridized carbons (Fsp3) is 0.136. The van der Waals surface area contributed by atoms with Gasteiger partial charge < -0.3 is 0 Å². The van der Waals surface area contributed by atoms with Crippen LogP contribution < -0.4 is 4.90 Å². The summed E-state index contributed by atoms with van der Waals surface area (Å²) in [5.41, 5.74) is 1.34. The van der Waals surface area contributed by atoms with Crippen LogP contribution in [-0.4, -0.2) is 26.6 Å². The summed E-state index contributed by atoms with van der Waals surface area (Å²) in [5.74, 6) is 0.501. The largest absolute Gasteiger partial charge is 0.282 e. The molecule has 2 aromatic heterocycles. The van der Waals surface area contributed by atoms with Gasteiger partial charge in [-0.05, 0) is 42.5 Å². The number of nitrogens with zero attached hydrogens (tertiary/aromatic N) is 4. The van der Waals surface area contributed by atoms with Crippen molar-refractivity contribution in [3.05, 3.63) is 87.7 Å². The van der Waals surface area contributed by atoms with Crippen molar-refractivity contribution in [3.63, 3.8) is 0 Å². The number of aromatic nitrogens is 2. The van der Waals surface area contributed by atoms with E-state index in [4.69, 9.17) is 11.6 Å². The Kier molecular flexibility index (Phi) is 6.99. The number of pyridine rings is 1. The molecule has 0 unspecified atom stereocenters. The van der Waals surface area contributed by atoms with Gasteiger partial charge in [0.05, 0.1) is 27.4 Å². The second kappa shape index (κ2) is 10.1. The molecule has 0 saturated heterocycles. The van der Waals surface area contributed by atoms with Gasteiger partial charge in [0.1, 0.15) is 0 Å². The van der Waals surface area contributed by atoms with Gasteiger partial charge in [0.15, 0.2) is 5.13 Å². The summed E-state index contributed by atoms with van der Waals surface area (Å²) in [6.45, 7) is 0.271. The Morgan fingerprint density at radius 2 is 1.97 bits per heavy atom. The first-order chi connectivity index (χ1) is 15.5. The van der Waals surface area contributed by atoms with Gasteiger partial charge in [-0.2, -0.15) is 0 Å². The highest BCUT2D eigenvalue weighted by Crippen LogP contribution is 2.32. The predicted molar refractivity (Wildman–Crippen MR) is 128 cm³/mol. The van der Waals surface area contributed by atoms with Crippen LogP contribution in [0.4, 0.5) is 10.8 Å². The van der Waals surface area contributed by atoms with E-state index >= 15 is 0 Å². The topological polar surface area (TPSA) is 89.2 Å². The fourth-order valence-corrected chi connectivity index (χ4v) is 4.95. The Bertz CT molecular complexity index is 1250. The summed E-state index contributed by atoms with van der Waals surface area (Å²) in [7, 11) is 0. The molecule has 0 aliphatic rings. The lowest BCUT2D eigenvalue weighted by Gasteiger charge is -2.19. The van der Waals surface area contributed by atoms with Gasteiger partial charge in [0.25, 0.3) is 5.69 Å². The van der Waals surface area contributed by atoms with Crippen molar-refractivity contribution in [2.24, 2.45) is 0 Å². The summed E-state index contributed by atoms with van der Waals surface area (Å²) in [5, 5.41) is 12.3. The van der Waals surface area contributed by atoms with E-state index < -0.39 is 4.92 Å². The zero-order chi connectivity index (χ0) is 22.5. The average molecular weight is 485 g/mol. The highest BCUT2D eigenvalue weighted by molar-refractivity contribution is 7.99. The Balaban J connectivity index is 1.55. The highest BCUT2D eigenvalue weighted by Gasteiger charge is 2.21. The molecule has 7 nitrogen and oxygen atoms in total. The van der Waals surface area contributed by atoms with Gasteiger partial charge in [-0.3, -0.25) is 24.8 Å². The summed E-state index contributed by atoms with van der Waals surface area (Å²) in [6.07, 6.45) is 1.98. The van der Waals surface area contributed by atoms with Gasteiger partial charge >= 0.3 is 0 Å². The van der Waals surface area contributed by atoms with Crippen LogP contribution in [0.2, 0.25) is 5.02 Å². The number of halogens is 1. The van der Waals surface area contributed by atoms with Crippen LogP contribution in [0, 0.1) is 10.1 Å². The van der Waals surface area contributed by atoms with Crippen LogP contribution in [0.1, 0.15) is 12.1 Å². The minimum absolute atomic E-state index is 0.00494. The van der Waals surface area contributed by atoms with Gasteiger partial charge in [-0.25, -0.2) is 4.98 Å². The summed E-state index contributed by atoms with van der Waals surface area (Å²) >= 11 is 8.75. The first-order valence-electron chi connectivity index (χ1n) is 9.63. The highest BCUT2D eigenvalue weighted by atomic mass is 35.5. The number of nitro groups is 1. The molecule has 4 aromatic rings. The van der Waals surface area contributed by atoms with Crippen molar-refractivity contribution in [2.75, 3.05) is 10.7 Å². The third-order valence-electron chi connectivity index (χ3n) is 4.55. The molecule has 4 rings (SSSR count). The van der Waals surface area contributed by atoms with Crippen molar-refractivity contribution in [1.29, 1.82) is 0 Å². The summed E-state index contributed by atoms with van der Waals surface area (Å²) in [4.78, 5) is 35.3. The first-order valence-corrected chi connectivity index (χ1v) is 11.8. The Hall–Kier alpha value is -3.01. The second-order valence-electron chi connectivity index (χ2n) is 6.76. The summed E-state index contributed by atoms with van der Waals surface area (Å²) in [6, 6.07) is 17.5.